The van der Waals surface area contributed by atoms with E-state index in [0.29, 0.717) is 0 Å². The van der Waals surface area contributed by atoms with Crippen molar-refractivity contribution in [3.8, 4) is 0 Å². The summed E-state index contributed by atoms with van der Waals surface area (Å²) in [7, 11) is -3.97. The molecular formula is C14H16F3NO5S. The van der Waals surface area contributed by atoms with E-state index in [1.807, 2.05) is 0 Å². The summed E-state index contributed by atoms with van der Waals surface area (Å²) in [5.41, 5.74) is 2.97. The van der Waals surface area contributed by atoms with Gasteiger partial charge in [-0.15, -0.1) is 0 Å². The standard InChI is InChI=1S/C14H16F3NO5S/c1-24(21,22)23-11-7-6-10(19)12(20)13(11,18)8-2-4-9(5-3-8)14(15,16)17/h2-5,10-11,19H,6-7,18H2,1H3. The lowest BCUT2D eigenvalue weighted by Gasteiger charge is -2.40. The number of hydrogen-bond acceptors (Lipinski definition) is 6. The molecule has 24 heavy (non-hydrogen) atoms. The molecular weight excluding hydrogens is 351 g/mol. The molecule has 1 fully saturated rings. The third-order valence-corrected chi connectivity index (χ3v) is 4.48. The number of alkyl halides is 3. The van der Waals surface area contributed by atoms with Crippen LogP contribution < -0.4 is 5.73 Å². The maximum atomic E-state index is 12.7. The molecule has 0 saturated heterocycles. The largest absolute Gasteiger partial charge is 0.416 e. The Bertz CT molecular complexity index is 732. The van der Waals surface area contributed by atoms with E-state index in [4.69, 9.17) is 9.92 Å². The van der Waals surface area contributed by atoms with Crippen LogP contribution in [0.1, 0.15) is 24.0 Å². The summed E-state index contributed by atoms with van der Waals surface area (Å²) in [6.45, 7) is 0. The van der Waals surface area contributed by atoms with Gasteiger partial charge in [0.1, 0.15) is 17.7 Å². The van der Waals surface area contributed by atoms with Gasteiger partial charge in [-0.3, -0.25) is 8.98 Å². The normalized spacial score (nSPS) is 28.8. The second-order valence-corrected chi connectivity index (χ2v) is 7.29. The van der Waals surface area contributed by atoms with Crippen molar-refractivity contribution >= 4 is 15.9 Å². The van der Waals surface area contributed by atoms with Gasteiger partial charge in [-0.05, 0) is 30.5 Å². The van der Waals surface area contributed by atoms with Gasteiger partial charge in [-0.25, -0.2) is 0 Å². The smallest absolute Gasteiger partial charge is 0.385 e. The molecule has 0 radical (unpaired) electrons. The first-order valence-corrected chi connectivity index (χ1v) is 8.74. The second-order valence-electron chi connectivity index (χ2n) is 5.69. The predicted octanol–water partition coefficient (Wildman–Crippen LogP) is 0.928. The lowest BCUT2D eigenvalue weighted by Crippen LogP contribution is -2.61. The van der Waals surface area contributed by atoms with Crippen LogP contribution in [0, 0.1) is 0 Å². The molecule has 0 bridgehead atoms. The van der Waals surface area contributed by atoms with Gasteiger partial charge in [0.15, 0.2) is 5.78 Å². The van der Waals surface area contributed by atoms with Gasteiger partial charge in [0.25, 0.3) is 10.1 Å². The van der Waals surface area contributed by atoms with E-state index in [9.17, 15) is 31.5 Å². The van der Waals surface area contributed by atoms with Gasteiger partial charge in [-0.1, -0.05) is 12.1 Å². The summed E-state index contributed by atoms with van der Waals surface area (Å²) in [5, 5.41) is 9.76. The van der Waals surface area contributed by atoms with Crippen molar-refractivity contribution in [1.29, 1.82) is 0 Å². The van der Waals surface area contributed by atoms with Crippen LogP contribution in [0.3, 0.4) is 0 Å². The summed E-state index contributed by atoms with van der Waals surface area (Å²) in [5.74, 6) is -0.901. The monoisotopic (exact) mass is 367 g/mol. The number of nitrogens with two attached hydrogens (primary N) is 1. The fourth-order valence-corrected chi connectivity index (χ4v) is 3.37. The first-order valence-electron chi connectivity index (χ1n) is 6.93. The minimum atomic E-state index is -4.57. The number of ketones is 1. The SMILES string of the molecule is CS(=O)(=O)OC1CCC(O)C(=O)C1(N)c1ccc(C(F)(F)F)cc1. The Morgan fingerprint density at radius 3 is 2.25 bits per heavy atom. The zero-order chi connectivity index (χ0) is 18.3. The van der Waals surface area contributed by atoms with E-state index in [1.54, 1.807) is 0 Å². The number of benzene rings is 1. The quantitative estimate of drug-likeness (QED) is 0.770. The number of aliphatic hydroxyl groups is 1. The van der Waals surface area contributed by atoms with Crippen molar-refractivity contribution in [2.24, 2.45) is 5.73 Å². The van der Waals surface area contributed by atoms with Gasteiger partial charge in [0, 0.05) is 0 Å². The third-order valence-electron chi connectivity index (χ3n) is 3.90. The molecule has 0 spiro atoms. The Kier molecular flexibility index (Phi) is 4.79. The molecule has 0 aliphatic heterocycles. The molecule has 1 aromatic rings. The number of halogens is 3. The topological polar surface area (TPSA) is 107 Å². The summed E-state index contributed by atoms with van der Waals surface area (Å²) in [4.78, 5) is 12.4. The molecule has 0 heterocycles. The summed E-state index contributed by atoms with van der Waals surface area (Å²) in [6.07, 6.45) is -6.66. The molecule has 10 heteroatoms. The number of hydrogen-bond donors (Lipinski definition) is 2. The number of carbonyl (C=O) groups is 1. The summed E-state index contributed by atoms with van der Waals surface area (Å²) < 4.78 is 65.6. The molecule has 0 aromatic heterocycles. The van der Waals surface area contributed by atoms with E-state index >= 15 is 0 Å². The average Bonchev–Trinajstić information content (AvgIpc) is 2.46. The van der Waals surface area contributed by atoms with Crippen molar-refractivity contribution in [3.63, 3.8) is 0 Å². The highest BCUT2D eigenvalue weighted by atomic mass is 32.2. The van der Waals surface area contributed by atoms with Crippen LogP contribution >= 0.6 is 0 Å². The Hall–Kier alpha value is -1.49. The number of aliphatic hydroxyl groups excluding tert-OH is 1. The number of rotatable bonds is 3. The van der Waals surface area contributed by atoms with Crippen LogP contribution in [-0.2, 0) is 30.8 Å². The van der Waals surface area contributed by atoms with E-state index in [2.05, 4.69) is 0 Å². The van der Waals surface area contributed by atoms with Crippen molar-refractivity contribution in [3.05, 3.63) is 35.4 Å². The molecule has 1 aromatic carbocycles. The van der Waals surface area contributed by atoms with Crippen LogP contribution in [-0.4, -0.2) is 37.8 Å². The average molecular weight is 367 g/mol. The highest BCUT2D eigenvalue weighted by molar-refractivity contribution is 7.86. The molecule has 134 valence electrons. The zero-order valence-corrected chi connectivity index (χ0v) is 13.4. The maximum Gasteiger partial charge on any atom is 0.416 e. The van der Waals surface area contributed by atoms with E-state index in [0.717, 1.165) is 30.5 Å². The predicted molar refractivity (Wildman–Crippen MR) is 77.3 cm³/mol. The Morgan fingerprint density at radius 2 is 1.79 bits per heavy atom. The van der Waals surface area contributed by atoms with E-state index in [1.165, 1.54) is 0 Å². The Labute approximate surface area is 136 Å². The Morgan fingerprint density at radius 1 is 1.25 bits per heavy atom. The van der Waals surface area contributed by atoms with Gasteiger partial charge in [0.05, 0.1) is 11.8 Å². The summed E-state index contributed by atoms with van der Waals surface area (Å²) in [6, 6.07) is 3.43. The van der Waals surface area contributed by atoms with Crippen molar-refractivity contribution < 1.29 is 35.7 Å². The highest BCUT2D eigenvalue weighted by Crippen LogP contribution is 2.37. The molecule has 1 aliphatic rings. The first-order chi connectivity index (χ1) is 10.9. The molecule has 1 aliphatic carbocycles. The Balaban J connectivity index is 2.48. The maximum absolute atomic E-state index is 12.7. The van der Waals surface area contributed by atoms with Crippen molar-refractivity contribution in [2.45, 2.75) is 36.8 Å². The number of carbonyl (C=O) groups excluding carboxylic acids is 1. The second kappa shape index (κ2) is 6.10. The first kappa shape index (κ1) is 18.8. The van der Waals surface area contributed by atoms with Gasteiger partial charge >= 0.3 is 6.18 Å². The fourth-order valence-electron chi connectivity index (χ4n) is 2.70. The van der Waals surface area contributed by atoms with Crippen LogP contribution in [0.25, 0.3) is 0 Å². The van der Waals surface area contributed by atoms with Gasteiger partial charge < -0.3 is 10.8 Å². The lowest BCUT2D eigenvalue weighted by molar-refractivity contribution is -0.141. The highest BCUT2D eigenvalue weighted by Gasteiger charge is 2.51. The number of Topliss-reactive ketones (excluding diaryl/α,β-unsaturated/α-hetero) is 1. The third kappa shape index (κ3) is 3.61. The van der Waals surface area contributed by atoms with Crippen molar-refractivity contribution in [1.82, 2.24) is 0 Å². The molecule has 0 amide bonds. The summed E-state index contributed by atoms with van der Waals surface area (Å²) >= 11 is 0. The molecule has 3 N–H and O–H groups in total. The fraction of sp³-hybridized carbons (Fsp3) is 0.500. The lowest BCUT2D eigenvalue weighted by atomic mass is 9.73. The minimum absolute atomic E-state index is 0.0441. The van der Waals surface area contributed by atoms with E-state index in [-0.39, 0.29) is 18.4 Å². The molecule has 3 atom stereocenters. The van der Waals surface area contributed by atoms with E-state index < -0.39 is 45.4 Å². The molecule has 1 saturated carbocycles. The molecule has 6 nitrogen and oxygen atoms in total. The molecule has 2 rings (SSSR count). The van der Waals surface area contributed by atoms with Crippen LogP contribution in [0.5, 0.6) is 0 Å². The minimum Gasteiger partial charge on any atom is -0.385 e. The van der Waals surface area contributed by atoms with Gasteiger partial charge in [0.2, 0.25) is 0 Å². The van der Waals surface area contributed by atoms with Crippen molar-refractivity contribution in [2.75, 3.05) is 6.26 Å². The van der Waals surface area contributed by atoms with Crippen LogP contribution in [0.4, 0.5) is 13.2 Å². The zero-order valence-electron chi connectivity index (χ0n) is 12.6. The van der Waals surface area contributed by atoms with Crippen LogP contribution in [0.15, 0.2) is 24.3 Å². The molecule has 3 unspecified atom stereocenters. The van der Waals surface area contributed by atoms with Gasteiger partial charge in [-0.2, -0.15) is 21.6 Å². The van der Waals surface area contributed by atoms with Crippen LogP contribution in [0.2, 0.25) is 0 Å².